The Morgan fingerprint density at radius 2 is 2.18 bits per heavy atom. The smallest absolute Gasteiger partial charge is 0.344 e. The maximum atomic E-state index is 14.0. The zero-order chi connectivity index (χ0) is 24.2. The molecule has 1 aromatic carbocycles. The molecule has 2 heterocycles. The van der Waals surface area contributed by atoms with E-state index in [1.165, 1.54) is 23.4 Å². The van der Waals surface area contributed by atoms with Crippen LogP contribution in [-0.2, 0) is 20.8 Å². The average molecular weight is 504 g/mol. The summed E-state index contributed by atoms with van der Waals surface area (Å²) in [5.74, 6) is -3.64. The van der Waals surface area contributed by atoms with Crippen LogP contribution in [0.5, 0.6) is 5.88 Å². The molecule has 0 amide bonds. The molecule has 2 atom stereocenters. The zero-order valence-electron chi connectivity index (χ0n) is 17.8. The highest BCUT2D eigenvalue weighted by molar-refractivity contribution is 7.98. The highest BCUT2D eigenvalue weighted by Crippen LogP contribution is 2.27. The van der Waals surface area contributed by atoms with Gasteiger partial charge in [-0.3, -0.25) is 4.72 Å². The highest BCUT2D eigenvalue weighted by atomic mass is 32.2. The maximum absolute atomic E-state index is 14.0. The number of nitrogens with zero attached hydrogens (tertiary/aromatic N) is 3. The van der Waals surface area contributed by atoms with Crippen LogP contribution in [0.3, 0.4) is 0 Å². The number of carbonyl (C=O) groups is 1. The maximum Gasteiger partial charge on any atom is 0.344 e. The SMILES string of the molecule is C[C@H]1CN(S(=O)(=O)Nc2cc(O[C@H](C)C(=O)O)nc(SCc3cccc(F)c3F)n2)CCN1. The molecule has 1 aromatic heterocycles. The van der Waals surface area contributed by atoms with Crippen LogP contribution in [0.4, 0.5) is 14.6 Å². The highest BCUT2D eigenvalue weighted by Gasteiger charge is 2.28. The summed E-state index contributed by atoms with van der Waals surface area (Å²) in [5, 5.41) is 12.2. The number of thioether (sulfide) groups is 1. The number of halogens is 2. The second-order valence-corrected chi connectivity index (χ2v) is 9.91. The molecule has 2 aromatic rings. The number of ether oxygens (including phenoxy) is 1. The molecule has 1 aliphatic heterocycles. The molecule has 0 unspecified atom stereocenters. The number of rotatable bonds is 9. The van der Waals surface area contributed by atoms with Crippen molar-refractivity contribution in [3.63, 3.8) is 0 Å². The number of carboxylic acid groups (broad SMARTS) is 1. The lowest BCUT2D eigenvalue weighted by Crippen LogP contribution is -2.52. The molecule has 0 bridgehead atoms. The van der Waals surface area contributed by atoms with Gasteiger partial charge in [0.05, 0.1) is 0 Å². The summed E-state index contributed by atoms with van der Waals surface area (Å²) >= 11 is 0.907. The summed E-state index contributed by atoms with van der Waals surface area (Å²) in [5.41, 5.74) is 0.0609. The fourth-order valence-corrected chi connectivity index (χ4v) is 5.00. The average Bonchev–Trinajstić information content (AvgIpc) is 2.74. The van der Waals surface area contributed by atoms with Gasteiger partial charge in [-0.2, -0.15) is 17.7 Å². The van der Waals surface area contributed by atoms with E-state index in [2.05, 4.69) is 20.0 Å². The number of anilines is 1. The molecule has 10 nitrogen and oxygen atoms in total. The van der Waals surface area contributed by atoms with Crippen molar-refractivity contribution in [2.45, 2.75) is 36.9 Å². The second-order valence-electron chi connectivity index (χ2n) is 7.29. The Hall–Kier alpha value is -2.55. The van der Waals surface area contributed by atoms with Gasteiger partial charge >= 0.3 is 16.2 Å². The van der Waals surface area contributed by atoms with Crippen molar-refractivity contribution in [2.24, 2.45) is 0 Å². The van der Waals surface area contributed by atoms with Crippen LogP contribution in [0.1, 0.15) is 19.4 Å². The molecule has 1 saturated heterocycles. The Labute approximate surface area is 193 Å². The summed E-state index contributed by atoms with van der Waals surface area (Å²) in [7, 11) is -3.96. The molecule has 14 heteroatoms. The van der Waals surface area contributed by atoms with Gasteiger partial charge < -0.3 is 15.2 Å². The number of benzene rings is 1. The number of piperazine rings is 1. The molecule has 33 heavy (non-hydrogen) atoms. The van der Waals surface area contributed by atoms with Gasteiger partial charge in [0.2, 0.25) is 5.88 Å². The lowest BCUT2D eigenvalue weighted by Gasteiger charge is -2.30. The first kappa shape index (κ1) is 25.1. The predicted molar refractivity (Wildman–Crippen MR) is 117 cm³/mol. The molecule has 180 valence electrons. The Bertz CT molecular complexity index is 1120. The van der Waals surface area contributed by atoms with Gasteiger partial charge in [-0.05, 0) is 19.9 Å². The van der Waals surface area contributed by atoms with Gasteiger partial charge in [0.15, 0.2) is 22.9 Å². The van der Waals surface area contributed by atoms with Crippen LogP contribution < -0.4 is 14.8 Å². The minimum Gasteiger partial charge on any atom is -0.479 e. The number of nitrogens with one attached hydrogen (secondary N) is 2. The van der Waals surface area contributed by atoms with Crippen molar-refractivity contribution >= 4 is 33.8 Å². The van der Waals surface area contributed by atoms with Crippen LogP contribution in [0.15, 0.2) is 29.4 Å². The fourth-order valence-electron chi connectivity index (χ4n) is 2.93. The molecule has 0 spiro atoms. The third-order valence-electron chi connectivity index (χ3n) is 4.62. The molecule has 0 aliphatic carbocycles. The van der Waals surface area contributed by atoms with E-state index < -0.39 is 33.9 Å². The summed E-state index contributed by atoms with van der Waals surface area (Å²) in [6, 6.07) is 4.87. The fraction of sp³-hybridized carbons (Fsp3) is 0.421. The van der Waals surface area contributed by atoms with Gasteiger partial charge in [0.25, 0.3) is 0 Å². The summed E-state index contributed by atoms with van der Waals surface area (Å²) < 4.78 is 61.9. The Balaban J connectivity index is 1.85. The number of hydrogen-bond donors (Lipinski definition) is 3. The van der Waals surface area contributed by atoms with Crippen molar-refractivity contribution in [2.75, 3.05) is 24.4 Å². The van der Waals surface area contributed by atoms with Crippen LogP contribution in [-0.4, -0.2) is 65.5 Å². The number of aromatic nitrogens is 2. The largest absolute Gasteiger partial charge is 0.479 e. The minimum absolute atomic E-state index is 0.0138. The van der Waals surface area contributed by atoms with Crippen LogP contribution in [0.2, 0.25) is 0 Å². The normalized spacial score (nSPS) is 18.0. The number of carboxylic acids is 1. The standard InChI is InChI=1S/C19H23F2N5O5S2/c1-11-9-26(7-6-22-11)33(29,30)25-15-8-16(31-12(2)18(27)28)24-19(23-15)32-10-13-4-3-5-14(20)17(13)21/h3-5,8,11-12,22H,6-7,9-10H2,1-2H3,(H,27,28)(H,23,24,25)/t11-,12+/m0/s1. The van der Waals surface area contributed by atoms with Crippen molar-refractivity contribution < 1.29 is 31.8 Å². The third kappa shape index (κ3) is 6.72. The van der Waals surface area contributed by atoms with Gasteiger partial charge in [-0.25, -0.2) is 18.6 Å². The summed E-state index contributed by atoms with van der Waals surface area (Å²) in [4.78, 5) is 19.3. The quantitative estimate of drug-likeness (QED) is 0.346. The molecular formula is C19H23F2N5O5S2. The minimum atomic E-state index is -3.96. The second kappa shape index (κ2) is 10.6. The summed E-state index contributed by atoms with van der Waals surface area (Å²) in [6.07, 6.45) is -1.27. The Morgan fingerprint density at radius 1 is 1.42 bits per heavy atom. The Kier molecular flexibility index (Phi) is 8.05. The molecule has 3 rings (SSSR count). The van der Waals surface area contributed by atoms with E-state index >= 15 is 0 Å². The van der Waals surface area contributed by atoms with Crippen molar-refractivity contribution in [1.29, 1.82) is 0 Å². The lowest BCUT2D eigenvalue weighted by atomic mass is 10.2. The molecule has 3 N–H and O–H groups in total. The van der Waals surface area contributed by atoms with Crippen molar-refractivity contribution in [1.82, 2.24) is 19.6 Å². The first-order valence-corrected chi connectivity index (χ1v) is 12.3. The zero-order valence-corrected chi connectivity index (χ0v) is 19.4. The van der Waals surface area contributed by atoms with Crippen molar-refractivity contribution in [3.8, 4) is 5.88 Å². The van der Waals surface area contributed by atoms with Crippen LogP contribution >= 0.6 is 11.8 Å². The topological polar surface area (TPSA) is 134 Å². The van der Waals surface area contributed by atoms with E-state index in [4.69, 9.17) is 9.84 Å². The van der Waals surface area contributed by atoms with Crippen LogP contribution in [0, 0.1) is 11.6 Å². The first-order valence-electron chi connectivity index (χ1n) is 9.90. The van der Waals surface area contributed by atoms with Gasteiger partial charge in [-0.1, -0.05) is 23.9 Å². The van der Waals surface area contributed by atoms with Gasteiger partial charge in [0, 0.05) is 43.1 Å². The Morgan fingerprint density at radius 3 is 2.88 bits per heavy atom. The predicted octanol–water partition coefficient (Wildman–Crippen LogP) is 1.85. The van der Waals surface area contributed by atoms with E-state index in [9.17, 15) is 22.0 Å². The van der Waals surface area contributed by atoms with E-state index in [1.54, 1.807) is 0 Å². The number of hydrogen-bond acceptors (Lipinski definition) is 8. The van der Waals surface area contributed by atoms with E-state index in [1.807, 2.05) is 6.92 Å². The van der Waals surface area contributed by atoms with E-state index in [0.29, 0.717) is 6.54 Å². The molecule has 1 aliphatic rings. The monoisotopic (exact) mass is 503 g/mol. The summed E-state index contributed by atoms with van der Waals surface area (Å²) in [6.45, 7) is 4.12. The third-order valence-corrected chi connectivity index (χ3v) is 7.00. The molecule has 0 radical (unpaired) electrons. The molecule has 0 saturated carbocycles. The van der Waals surface area contributed by atoms with Gasteiger partial charge in [-0.15, -0.1) is 0 Å². The molecular weight excluding hydrogens is 480 g/mol. The van der Waals surface area contributed by atoms with E-state index in [0.717, 1.165) is 23.9 Å². The van der Waals surface area contributed by atoms with Gasteiger partial charge in [0.1, 0.15) is 5.82 Å². The molecule has 1 fully saturated rings. The van der Waals surface area contributed by atoms with Crippen LogP contribution in [0.25, 0.3) is 0 Å². The van der Waals surface area contributed by atoms with E-state index in [-0.39, 0.29) is 47.3 Å². The van der Waals surface area contributed by atoms with Crippen molar-refractivity contribution in [3.05, 3.63) is 41.5 Å². The number of aliphatic carboxylic acids is 1. The lowest BCUT2D eigenvalue weighted by molar-refractivity contribution is -0.144. The first-order chi connectivity index (χ1) is 15.5.